The molecule has 0 aromatic heterocycles. The van der Waals surface area contributed by atoms with Crippen molar-refractivity contribution in [3.63, 3.8) is 0 Å². The van der Waals surface area contributed by atoms with Gasteiger partial charge in [0.15, 0.2) is 0 Å². The third-order valence-electron chi connectivity index (χ3n) is 3.64. The van der Waals surface area contributed by atoms with Crippen molar-refractivity contribution in [2.45, 2.75) is 50.6 Å². The number of nitrogens with one attached hydrogen (secondary N) is 1. The third-order valence-corrected chi connectivity index (χ3v) is 3.64. The second-order valence-corrected chi connectivity index (χ2v) is 4.60. The van der Waals surface area contributed by atoms with Crippen molar-refractivity contribution < 1.29 is 0 Å². The van der Waals surface area contributed by atoms with E-state index in [1.807, 2.05) is 0 Å². The van der Waals surface area contributed by atoms with Gasteiger partial charge in [0.25, 0.3) is 0 Å². The van der Waals surface area contributed by atoms with Crippen molar-refractivity contribution in [3.8, 4) is 0 Å². The van der Waals surface area contributed by atoms with Crippen molar-refractivity contribution in [2.24, 2.45) is 0 Å². The van der Waals surface area contributed by atoms with Crippen molar-refractivity contribution in [1.29, 1.82) is 0 Å². The Balaban J connectivity index is 2.03. The molecule has 0 radical (unpaired) electrons. The van der Waals surface area contributed by atoms with Crippen LogP contribution in [-0.2, 0) is 0 Å². The van der Waals surface area contributed by atoms with Crippen LogP contribution in [0.3, 0.4) is 0 Å². The van der Waals surface area contributed by atoms with Crippen LogP contribution >= 0.6 is 0 Å². The molecule has 1 N–H and O–H groups in total. The van der Waals surface area contributed by atoms with Gasteiger partial charge in [-0.05, 0) is 39.4 Å². The van der Waals surface area contributed by atoms with E-state index >= 15 is 0 Å². The molecule has 2 fully saturated rings. The van der Waals surface area contributed by atoms with Gasteiger partial charge in [0.2, 0.25) is 0 Å². The van der Waals surface area contributed by atoms with Gasteiger partial charge < -0.3 is 10.2 Å². The predicted molar refractivity (Wildman–Crippen MR) is 55.9 cm³/mol. The predicted octanol–water partition coefficient (Wildman–Crippen LogP) is 1.61. The van der Waals surface area contributed by atoms with Crippen LogP contribution in [0.5, 0.6) is 0 Å². The standard InChI is InChI=1S/C11H22N2/c1-13-9-5-8-12-10-6-3-2-4-7-11(10)13/h10-12H,2-9H2,1H3. The summed E-state index contributed by atoms with van der Waals surface area (Å²) in [4.78, 5) is 2.58. The lowest BCUT2D eigenvalue weighted by molar-refractivity contribution is 0.207. The van der Waals surface area contributed by atoms with E-state index in [4.69, 9.17) is 0 Å². The molecule has 1 aliphatic heterocycles. The van der Waals surface area contributed by atoms with E-state index in [1.165, 1.54) is 51.6 Å². The molecule has 76 valence electrons. The summed E-state index contributed by atoms with van der Waals surface area (Å²) in [6.45, 7) is 2.51. The van der Waals surface area contributed by atoms with Crippen LogP contribution in [0.1, 0.15) is 38.5 Å². The maximum Gasteiger partial charge on any atom is 0.0246 e. The Morgan fingerprint density at radius 3 is 2.85 bits per heavy atom. The molecule has 0 aromatic rings. The molecule has 13 heavy (non-hydrogen) atoms. The Hall–Kier alpha value is -0.0800. The highest BCUT2D eigenvalue weighted by Gasteiger charge is 2.27. The van der Waals surface area contributed by atoms with Crippen LogP contribution in [-0.4, -0.2) is 37.1 Å². The normalized spacial score (nSPS) is 37.6. The molecule has 1 heterocycles. The molecule has 2 unspecified atom stereocenters. The van der Waals surface area contributed by atoms with Crippen molar-refractivity contribution in [3.05, 3.63) is 0 Å². The highest BCUT2D eigenvalue weighted by Crippen LogP contribution is 2.23. The minimum atomic E-state index is 0.787. The lowest BCUT2D eigenvalue weighted by Gasteiger charge is -2.30. The lowest BCUT2D eigenvalue weighted by atomic mass is 10.0. The zero-order valence-electron chi connectivity index (χ0n) is 8.76. The van der Waals surface area contributed by atoms with Crippen LogP contribution in [0.15, 0.2) is 0 Å². The second-order valence-electron chi connectivity index (χ2n) is 4.60. The lowest BCUT2D eigenvalue weighted by Crippen LogP contribution is -2.45. The molecule has 0 spiro atoms. The molecule has 2 aliphatic rings. The summed E-state index contributed by atoms with van der Waals surface area (Å²) in [5.41, 5.74) is 0. The van der Waals surface area contributed by atoms with Crippen LogP contribution in [0.2, 0.25) is 0 Å². The molecular formula is C11H22N2. The Morgan fingerprint density at radius 2 is 1.92 bits per heavy atom. The summed E-state index contributed by atoms with van der Waals surface area (Å²) < 4.78 is 0. The maximum absolute atomic E-state index is 3.71. The number of hydrogen-bond acceptors (Lipinski definition) is 2. The fourth-order valence-corrected chi connectivity index (χ4v) is 2.84. The van der Waals surface area contributed by atoms with Gasteiger partial charge in [-0.3, -0.25) is 0 Å². The SMILES string of the molecule is CN1CCCNC2CCCCCC21. The van der Waals surface area contributed by atoms with Crippen LogP contribution < -0.4 is 5.32 Å². The van der Waals surface area contributed by atoms with Crippen LogP contribution in [0.4, 0.5) is 0 Å². The first-order valence-electron chi connectivity index (χ1n) is 5.81. The molecule has 0 amide bonds. The summed E-state index contributed by atoms with van der Waals surface area (Å²) in [6, 6.07) is 1.61. The number of nitrogens with zero attached hydrogens (tertiary/aromatic N) is 1. The zero-order valence-corrected chi connectivity index (χ0v) is 8.76. The van der Waals surface area contributed by atoms with Gasteiger partial charge in [-0.1, -0.05) is 19.3 Å². The van der Waals surface area contributed by atoms with Crippen molar-refractivity contribution in [1.82, 2.24) is 10.2 Å². The minimum absolute atomic E-state index is 0.787. The zero-order chi connectivity index (χ0) is 9.10. The van der Waals surface area contributed by atoms with E-state index in [9.17, 15) is 0 Å². The van der Waals surface area contributed by atoms with Gasteiger partial charge in [-0.15, -0.1) is 0 Å². The molecule has 0 bridgehead atoms. The summed E-state index contributed by atoms with van der Waals surface area (Å²) in [7, 11) is 2.30. The molecule has 1 aliphatic carbocycles. The van der Waals surface area contributed by atoms with Gasteiger partial charge in [-0.2, -0.15) is 0 Å². The largest absolute Gasteiger partial charge is 0.312 e. The minimum Gasteiger partial charge on any atom is -0.312 e. The molecule has 2 rings (SSSR count). The number of likely N-dealkylation sites (N-methyl/N-ethyl adjacent to an activating group) is 1. The fourth-order valence-electron chi connectivity index (χ4n) is 2.84. The number of fused-ring (bicyclic) bond motifs is 1. The molecule has 1 saturated carbocycles. The van der Waals surface area contributed by atoms with E-state index in [1.54, 1.807) is 0 Å². The van der Waals surface area contributed by atoms with E-state index in [2.05, 4.69) is 17.3 Å². The van der Waals surface area contributed by atoms with Crippen molar-refractivity contribution in [2.75, 3.05) is 20.1 Å². The summed E-state index contributed by atoms with van der Waals surface area (Å²) in [5.74, 6) is 0. The Bertz CT molecular complexity index is 156. The average Bonchev–Trinajstić information content (AvgIpc) is 2.43. The van der Waals surface area contributed by atoms with Gasteiger partial charge in [0, 0.05) is 12.1 Å². The van der Waals surface area contributed by atoms with E-state index in [0.29, 0.717) is 0 Å². The monoisotopic (exact) mass is 182 g/mol. The molecule has 2 heteroatoms. The fraction of sp³-hybridized carbons (Fsp3) is 1.00. The average molecular weight is 182 g/mol. The van der Waals surface area contributed by atoms with Crippen LogP contribution in [0.25, 0.3) is 0 Å². The summed E-state index contributed by atoms with van der Waals surface area (Å²) in [5, 5.41) is 3.71. The van der Waals surface area contributed by atoms with Crippen molar-refractivity contribution >= 4 is 0 Å². The first kappa shape index (κ1) is 9.47. The van der Waals surface area contributed by atoms with Gasteiger partial charge >= 0.3 is 0 Å². The summed E-state index contributed by atoms with van der Waals surface area (Å²) in [6.07, 6.45) is 8.45. The molecule has 2 atom stereocenters. The van der Waals surface area contributed by atoms with Gasteiger partial charge in [0.1, 0.15) is 0 Å². The first-order valence-corrected chi connectivity index (χ1v) is 5.81. The molecule has 0 aromatic carbocycles. The molecular weight excluding hydrogens is 160 g/mol. The Morgan fingerprint density at radius 1 is 1.08 bits per heavy atom. The quantitative estimate of drug-likeness (QED) is 0.612. The number of rotatable bonds is 0. The molecule has 1 saturated heterocycles. The topological polar surface area (TPSA) is 15.3 Å². The van der Waals surface area contributed by atoms with Crippen LogP contribution in [0, 0.1) is 0 Å². The molecule has 2 nitrogen and oxygen atoms in total. The van der Waals surface area contributed by atoms with Gasteiger partial charge in [0.05, 0.1) is 0 Å². The highest BCUT2D eigenvalue weighted by molar-refractivity contribution is 4.87. The Labute approximate surface area is 81.7 Å². The highest BCUT2D eigenvalue weighted by atomic mass is 15.2. The Kier molecular flexibility index (Phi) is 3.23. The smallest absolute Gasteiger partial charge is 0.0246 e. The number of hydrogen-bond donors (Lipinski definition) is 1. The first-order chi connectivity index (χ1) is 6.38. The van der Waals surface area contributed by atoms with E-state index in [0.717, 1.165) is 12.1 Å². The van der Waals surface area contributed by atoms with E-state index in [-0.39, 0.29) is 0 Å². The second kappa shape index (κ2) is 4.43. The van der Waals surface area contributed by atoms with Gasteiger partial charge in [-0.25, -0.2) is 0 Å². The maximum atomic E-state index is 3.71. The third kappa shape index (κ3) is 2.23. The van der Waals surface area contributed by atoms with E-state index < -0.39 is 0 Å². The summed E-state index contributed by atoms with van der Waals surface area (Å²) >= 11 is 0.